The van der Waals surface area contributed by atoms with Crippen molar-refractivity contribution in [2.45, 2.75) is 24.8 Å². The Labute approximate surface area is 111 Å². The first-order valence-electron chi connectivity index (χ1n) is 5.63. The SMILES string of the molecule is Cc1c(S(=O)(=O)NC(C)c2cn[nH]c2)c(N)nn1C. The van der Waals surface area contributed by atoms with Crippen LogP contribution in [0.25, 0.3) is 0 Å². The largest absolute Gasteiger partial charge is 0.381 e. The Hall–Kier alpha value is -1.87. The Morgan fingerprint density at radius 1 is 1.53 bits per heavy atom. The van der Waals surface area contributed by atoms with Crippen molar-refractivity contribution in [3.8, 4) is 0 Å². The molecule has 2 aromatic rings. The Bertz CT molecular complexity index is 673. The number of hydrogen-bond acceptors (Lipinski definition) is 5. The molecule has 0 aliphatic heterocycles. The molecule has 0 saturated heterocycles. The molecule has 1 atom stereocenters. The average molecular weight is 284 g/mol. The van der Waals surface area contributed by atoms with Crippen molar-refractivity contribution in [1.29, 1.82) is 0 Å². The summed E-state index contributed by atoms with van der Waals surface area (Å²) in [6, 6.07) is -0.414. The molecule has 0 amide bonds. The van der Waals surface area contributed by atoms with Gasteiger partial charge < -0.3 is 5.73 Å². The minimum atomic E-state index is -3.73. The lowest BCUT2D eigenvalue weighted by Crippen LogP contribution is -2.27. The molecule has 0 bridgehead atoms. The van der Waals surface area contributed by atoms with Crippen LogP contribution >= 0.6 is 0 Å². The first-order valence-corrected chi connectivity index (χ1v) is 7.11. The van der Waals surface area contributed by atoms with Crippen molar-refractivity contribution in [2.24, 2.45) is 7.05 Å². The average Bonchev–Trinajstić information content (AvgIpc) is 2.87. The Morgan fingerprint density at radius 2 is 2.21 bits per heavy atom. The van der Waals surface area contributed by atoms with Crippen LogP contribution in [0.5, 0.6) is 0 Å². The molecule has 19 heavy (non-hydrogen) atoms. The van der Waals surface area contributed by atoms with Gasteiger partial charge in [-0.25, -0.2) is 13.1 Å². The molecular weight excluding hydrogens is 268 g/mol. The van der Waals surface area contributed by atoms with Crippen molar-refractivity contribution >= 4 is 15.8 Å². The van der Waals surface area contributed by atoms with Crippen LogP contribution in [-0.4, -0.2) is 28.4 Å². The summed E-state index contributed by atoms with van der Waals surface area (Å²) in [5.41, 5.74) is 6.88. The Morgan fingerprint density at radius 3 is 2.68 bits per heavy atom. The molecule has 4 N–H and O–H groups in total. The number of aryl methyl sites for hydroxylation is 1. The molecule has 0 saturated carbocycles. The molecule has 1 unspecified atom stereocenters. The maximum Gasteiger partial charge on any atom is 0.246 e. The number of nitrogens with zero attached hydrogens (tertiary/aromatic N) is 3. The van der Waals surface area contributed by atoms with Gasteiger partial charge in [0.1, 0.15) is 4.90 Å². The van der Waals surface area contributed by atoms with E-state index >= 15 is 0 Å². The Balaban J connectivity index is 2.33. The van der Waals surface area contributed by atoms with Gasteiger partial charge in [-0.2, -0.15) is 10.2 Å². The van der Waals surface area contributed by atoms with Gasteiger partial charge in [-0.1, -0.05) is 0 Å². The first kappa shape index (κ1) is 13.6. The lowest BCUT2D eigenvalue weighted by Gasteiger charge is -2.12. The monoisotopic (exact) mass is 284 g/mol. The summed E-state index contributed by atoms with van der Waals surface area (Å²) in [6.07, 6.45) is 3.19. The highest BCUT2D eigenvalue weighted by molar-refractivity contribution is 7.89. The van der Waals surface area contributed by atoms with Gasteiger partial charge in [0, 0.05) is 24.8 Å². The molecule has 0 aliphatic carbocycles. The van der Waals surface area contributed by atoms with Crippen LogP contribution in [0, 0.1) is 6.92 Å². The number of hydrogen-bond donors (Lipinski definition) is 3. The molecule has 2 aromatic heterocycles. The fourth-order valence-electron chi connectivity index (χ4n) is 1.80. The van der Waals surface area contributed by atoms with E-state index in [0.29, 0.717) is 5.69 Å². The van der Waals surface area contributed by atoms with Crippen LogP contribution < -0.4 is 10.5 Å². The highest BCUT2D eigenvalue weighted by Crippen LogP contribution is 2.23. The molecule has 0 aliphatic rings. The van der Waals surface area contributed by atoms with E-state index < -0.39 is 16.1 Å². The highest BCUT2D eigenvalue weighted by atomic mass is 32.2. The van der Waals surface area contributed by atoms with Gasteiger partial charge in [-0.3, -0.25) is 9.78 Å². The lowest BCUT2D eigenvalue weighted by atomic mass is 10.2. The van der Waals surface area contributed by atoms with Crippen LogP contribution in [0.15, 0.2) is 17.3 Å². The number of aromatic amines is 1. The number of sulfonamides is 1. The second kappa shape index (κ2) is 4.67. The number of H-pyrrole nitrogens is 1. The van der Waals surface area contributed by atoms with E-state index in [2.05, 4.69) is 20.0 Å². The predicted molar refractivity (Wildman–Crippen MR) is 69.7 cm³/mol. The van der Waals surface area contributed by atoms with Crippen LogP contribution in [0.2, 0.25) is 0 Å². The summed E-state index contributed by atoms with van der Waals surface area (Å²) >= 11 is 0. The molecular formula is C10H16N6O2S. The summed E-state index contributed by atoms with van der Waals surface area (Å²) < 4.78 is 28.6. The lowest BCUT2D eigenvalue weighted by molar-refractivity contribution is 0.566. The molecule has 8 nitrogen and oxygen atoms in total. The summed E-state index contributed by atoms with van der Waals surface area (Å²) in [5.74, 6) is -0.00751. The van der Waals surface area contributed by atoms with Crippen LogP contribution in [0.1, 0.15) is 24.2 Å². The molecule has 0 spiro atoms. The quantitative estimate of drug-likeness (QED) is 0.734. The van der Waals surface area contributed by atoms with E-state index in [1.807, 2.05) is 0 Å². The molecule has 0 aromatic carbocycles. The standard InChI is InChI=1S/C10H16N6O2S/c1-6(8-4-12-13-5-8)15-19(17,18)9-7(2)16(3)14-10(9)11/h4-6,15H,1-3H3,(H2,11,14)(H,12,13). The van der Waals surface area contributed by atoms with Crippen LogP contribution in [-0.2, 0) is 17.1 Å². The molecule has 0 radical (unpaired) electrons. The number of nitrogen functional groups attached to an aromatic ring is 1. The van der Waals surface area contributed by atoms with E-state index in [1.54, 1.807) is 33.3 Å². The van der Waals surface area contributed by atoms with Gasteiger partial charge in [0.15, 0.2) is 5.82 Å². The fraction of sp³-hybridized carbons (Fsp3) is 0.400. The van der Waals surface area contributed by atoms with Crippen LogP contribution in [0.3, 0.4) is 0 Å². The second-order valence-corrected chi connectivity index (χ2v) is 5.95. The predicted octanol–water partition coefficient (Wildman–Crippen LogP) is 0.0733. The third-order valence-corrected chi connectivity index (χ3v) is 4.63. The molecule has 104 valence electrons. The zero-order chi connectivity index (χ0) is 14.2. The van der Waals surface area contributed by atoms with Gasteiger partial charge >= 0.3 is 0 Å². The molecule has 2 rings (SSSR count). The number of aromatic nitrogens is 4. The van der Waals surface area contributed by atoms with Crippen LogP contribution in [0.4, 0.5) is 5.82 Å². The zero-order valence-corrected chi connectivity index (χ0v) is 11.7. The third-order valence-electron chi connectivity index (χ3n) is 2.92. The van der Waals surface area contributed by atoms with E-state index in [1.165, 1.54) is 4.68 Å². The summed E-state index contributed by atoms with van der Waals surface area (Å²) in [6.45, 7) is 3.38. The maximum atomic E-state index is 12.3. The van der Waals surface area contributed by atoms with Crippen molar-refractivity contribution in [1.82, 2.24) is 24.7 Å². The normalized spacial score (nSPS) is 13.6. The van der Waals surface area contributed by atoms with Crippen molar-refractivity contribution in [3.05, 3.63) is 23.7 Å². The second-order valence-electron chi connectivity index (χ2n) is 4.30. The maximum absolute atomic E-state index is 12.3. The first-order chi connectivity index (χ1) is 8.83. The van der Waals surface area contributed by atoms with Gasteiger partial charge in [-0.15, -0.1) is 0 Å². The van der Waals surface area contributed by atoms with E-state index in [-0.39, 0.29) is 10.7 Å². The van der Waals surface area contributed by atoms with E-state index in [9.17, 15) is 8.42 Å². The summed E-state index contributed by atoms with van der Waals surface area (Å²) in [5, 5.41) is 10.3. The fourth-order valence-corrected chi connectivity index (χ4v) is 3.36. The van der Waals surface area contributed by atoms with Crippen molar-refractivity contribution in [2.75, 3.05) is 5.73 Å². The minimum Gasteiger partial charge on any atom is -0.381 e. The molecule has 0 fully saturated rings. The number of anilines is 1. The van der Waals surface area contributed by atoms with E-state index in [0.717, 1.165) is 5.56 Å². The smallest absolute Gasteiger partial charge is 0.246 e. The van der Waals surface area contributed by atoms with Gasteiger partial charge in [0.25, 0.3) is 0 Å². The topological polar surface area (TPSA) is 119 Å². The van der Waals surface area contributed by atoms with Gasteiger partial charge in [-0.05, 0) is 13.8 Å². The van der Waals surface area contributed by atoms with Gasteiger partial charge in [0.2, 0.25) is 10.0 Å². The molecule has 2 heterocycles. The number of nitrogens with one attached hydrogen (secondary N) is 2. The number of nitrogens with two attached hydrogens (primary N) is 1. The van der Waals surface area contributed by atoms with Crippen molar-refractivity contribution < 1.29 is 8.42 Å². The summed E-state index contributed by atoms with van der Waals surface area (Å²) in [7, 11) is -2.08. The van der Waals surface area contributed by atoms with E-state index in [4.69, 9.17) is 5.73 Å². The molecule has 9 heteroatoms. The van der Waals surface area contributed by atoms with Crippen molar-refractivity contribution in [3.63, 3.8) is 0 Å². The highest BCUT2D eigenvalue weighted by Gasteiger charge is 2.26. The minimum absolute atomic E-state index is 0.00751. The number of rotatable bonds is 4. The Kier molecular flexibility index (Phi) is 3.33. The third kappa shape index (κ3) is 2.47. The zero-order valence-electron chi connectivity index (χ0n) is 10.9. The summed E-state index contributed by atoms with van der Waals surface area (Å²) in [4.78, 5) is 0.0188. The van der Waals surface area contributed by atoms with Gasteiger partial charge in [0.05, 0.1) is 11.9 Å².